The van der Waals surface area contributed by atoms with Crippen LogP contribution in [0.25, 0.3) is 16.4 Å². The number of fused-ring (bicyclic) bond motifs is 1. The molecule has 5 nitrogen and oxygen atoms in total. The van der Waals surface area contributed by atoms with E-state index in [0.717, 1.165) is 28.4 Å². The van der Waals surface area contributed by atoms with Crippen LogP contribution in [0.1, 0.15) is 25.1 Å². The lowest BCUT2D eigenvalue weighted by Crippen LogP contribution is -2.37. The van der Waals surface area contributed by atoms with Gasteiger partial charge in [0.05, 0.1) is 0 Å². The van der Waals surface area contributed by atoms with Crippen molar-refractivity contribution in [2.24, 2.45) is 0 Å². The van der Waals surface area contributed by atoms with Crippen molar-refractivity contribution in [2.45, 2.75) is 33.4 Å². The van der Waals surface area contributed by atoms with Crippen LogP contribution in [0.3, 0.4) is 0 Å². The number of hydrogen-bond donors (Lipinski definition) is 1. The number of aryl methyl sites for hydroxylation is 1. The van der Waals surface area contributed by atoms with Gasteiger partial charge in [-0.15, -0.1) is 0 Å². The Bertz CT molecular complexity index is 680. The first kappa shape index (κ1) is 14.0. The molecular weight excluding hydrogens is 252 g/mol. The predicted molar refractivity (Wildman–Crippen MR) is 78.4 cm³/mol. The molecule has 0 radical (unpaired) electrons. The molecule has 0 aliphatic rings. The standard InChI is InChI=1S/C15H18N4O/c1-10(2)19(15(20)8-17-16)9-13-11(3)18-14-7-5-4-6-12(13)14/h4-8,10,18H,9H2,1-3H3. The number of nitrogens with zero attached hydrogens (tertiary/aromatic N) is 3. The number of H-pyrrole nitrogens is 1. The molecule has 0 aliphatic carbocycles. The average Bonchev–Trinajstić information content (AvgIpc) is 2.71. The number of nitrogens with one attached hydrogen (secondary N) is 1. The summed E-state index contributed by atoms with van der Waals surface area (Å²) in [4.78, 5) is 19.8. The molecule has 0 saturated carbocycles. The van der Waals surface area contributed by atoms with Crippen molar-refractivity contribution in [3.63, 3.8) is 0 Å². The topological polar surface area (TPSA) is 72.5 Å². The Morgan fingerprint density at radius 2 is 2.15 bits per heavy atom. The number of aromatic nitrogens is 1. The van der Waals surface area contributed by atoms with E-state index >= 15 is 0 Å². The molecule has 20 heavy (non-hydrogen) atoms. The fourth-order valence-electron chi connectivity index (χ4n) is 2.35. The minimum atomic E-state index is -0.299. The summed E-state index contributed by atoms with van der Waals surface area (Å²) in [7, 11) is 0. The number of carbonyl (C=O) groups is 1. The van der Waals surface area contributed by atoms with E-state index in [0.29, 0.717) is 6.54 Å². The SMILES string of the molecule is Cc1[nH]c2ccccc2c1CN(C(=O)C=[N+]=[N-])C(C)C. The van der Waals surface area contributed by atoms with E-state index in [1.165, 1.54) is 0 Å². The Kier molecular flexibility index (Phi) is 4.01. The summed E-state index contributed by atoms with van der Waals surface area (Å²) in [5.41, 5.74) is 11.7. The third-order valence-electron chi connectivity index (χ3n) is 3.43. The van der Waals surface area contributed by atoms with E-state index in [-0.39, 0.29) is 11.9 Å². The van der Waals surface area contributed by atoms with Crippen molar-refractivity contribution in [3.8, 4) is 0 Å². The molecule has 1 aromatic heterocycles. The normalized spacial score (nSPS) is 10.6. The Morgan fingerprint density at radius 3 is 2.80 bits per heavy atom. The van der Waals surface area contributed by atoms with Crippen LogP contribution in [-0.2, 0) is 11.3 Å². The summed E-state index contributed by atoms with van der Waals surface area (Å²) in [5.74, 6) is -0.299. The quantitative estimate of drug-likeness (QED) is 0.517. The zero-order chi connectivity index (χ0) is 14.7. The summed E-state index contributed by atoms with van der Waals surface area (Å²) in [6.45, 7) is 6.36. The van der Waals surface area contributed by atoms with Crippen LogP contribution >= 0.6 is 0 Å². The van der Waals surface area contributed by atoms with E-state index in [9.17, 15) is 4.79 Å². The number of amides is 1. The van der Waals surface area contributed by atoms with Gasteiger partial charge in [0.2, 0.25) is 0 Å². The van der Waals surface area contributed by atoms with E-state index in [4.69, 9.17) is 5.53 Å². The van der Waals surface area contributed by atoms with E-state index in [1.807, 2.05) is 45.0 Å². The third kappa shape index (κ3) is 2.63. The minimum Gasteiger partial charge on any atom is -0.361 e. The lowest BCUT2D eigenvalue weighted by Gasteiger charge is -2.24. The molecule has 2 rings (SSSR count). The molecule has 2 aromatic rings. The Morgan fingerprint density at radius 1 is 1.45 bits per heavy atom. The summed E-state index contributed by atoms with van der Waals surface area (Å²) in [5, 5.41) is 1.12. The maximum absolute atomic E-state index is 12.0. The maximum Gasteiger partial charge on any atom is 0.344 e. The van der Waals surface area contributed by atoms with Gasteiger partial charge in [0.1, 0.15) is 0 Å². The van der Waals surface area contributed by atoms with Gasteiger partial charge in [0, 0.05) is 29.2 Å². The largest absolute Gasteiger partial charge is 0.361 e. The minimum absolute atomic E-state index is 0.0218. The van der Waals surface area contributed by atoms with Crippen LogP contribution in [0, 0.1) is 6.92 Å². The number of aromatic amines is 1. The summed E-state index contributed by atoms with van der Waals surface area (Å²) < 4.78 is 0. The average molecular weight is 270 g/mol. The van der Waals surface area contributed by atoms with Crippen LogP contribution in [0.4, 0.5) is 0 Å². The van der Waals surface area contributed by atoms with E-state index in [2.05, 4.69) is 9.77 Å². The van der Waals surface area contributed by atoms with Gasteiger partial charge in [-0.1, -0.05) is 18.2 Å². The van der Waals surface area contributed by atoms with Gasteiger partial charge in [-0.05, 0) is 32.4 Å². The van der Waals surface area contributed by atoms with Crippen molar-refractivity contribution in [2.75, 3.05) is 0 Å². The fourth-order valence-corrected chi connectivity index (χ4v) is 2.35. The van der Waals surface area contributed by atoms with Gasteiger partial charge in [-0.25, -0.2) is 0 Å². The molecule has 0 aliphatic heterocycles. The highest BCUT2D eigenvalue weighted by atomic mass is 16.2. The van der Waals surface area contributed by atoms with Crippen LogP contribution in [0.15, 0.2) is 24.3 Å². The van der Waals surface area contributed by atoms with Crippen molar-refractivity contribution in [1.82, 2.24) is 9.88 Å². The molecule has 1 aromatic carbocycles. The molecule has 0 bridgehead atoms. The van der Waals surface area contributed by atoms with Crippen molar-refractivity contribution < 1.29 is 9.58 Å². The second-order valence-electron chi connectivity index (χ2n) is 5.08. The monoisotopic (exact) mass is 270 g/mol. The summed E-state index contributed by atoms with van der Waals surface area (Å²) >= 11 is 0. The highest BCUT2D eigenvalue weighted by Gasteiger charge is 2.21. The van der Waals surface area contributed by atoms with Crippen molar-refractivity contribution in [1.29, 1.82) is 0 Å². The number of para-hydroxylation sites is 1. The lowest BCUT2D eigenvalue weighted by atomic mass is 10.1. The zero-order valence-electron chi connectivity index (χ0n) is 11.9. The maximum atomic E-state index is 12.0. The molecule has 1 heterocycles. The van der Waals surface area contributed by atoms with Crippen LogP contribution in [-0.4, -0.2) is 32.8 Å². The predicted octanol–water partition coefficient (Wildman–Crippen LogP) is 2.51. The molecule has 0 spiro atoms. The number of hydrogen-bond acceptors (Lipinski definition) is 1. The molecule has 0 unspecified atom stereocenters. The number of rotatable bonds is 4. The van der Waals surface area contributed by atoms with Gasteiger partial charge < -0.3 is 15.4 Å². The third-order valence-corrected chi connectivity index (χ3v) is 3.43. The molecular formula is C15H18N4O. The lowest BCUT2D eigenvalue weighted by molar-refractivity contribution is -0.129. The molecule has 104 valence electrons. The first-order valence-corrected chi connectivity index (χ1v) is 6.58. The second-order valence-corrected chi connectivity index (χ2v) is 5.08. The highest BCUT2D eigenvalue weighted by Crippen LogP contribution is 2.23. The molecule has 1 N–H and O–H groups in total. The smallest absolute Gasteiger partial charge is 0.344 e. The Hall–Kier alpha value is -2.39. The molecule has 5 heteroatoms. The van der Waals surface area contributed by atoms with Crippen LogP contribution < -0.4 is 0 Å². The van der Waals surface area contributed by atoms with Gasteiger partial charge >= 0.3 is 12.1 Å². The molecule has 0 atom stereocenters. The van der Waals surface area contributed by atoms with Gasteiger partial charge in [0.25, 0.3) is 0 Å². The summed E-state index contributed by atoms with van der Waals surface area (Å²) in [6.07, 6.45) is 0.935. The van der Waals surface area contributed by atoms with Gasteiger partial charge in [0.15, 0.2) is 0 Å². The molecule has 0 fully saturated rings. The molecule has 0 saturated heterocycles. The van der Waals surface area contributed by atoms with E-state index in [1.54, 1.807) is 4.90 Å². The summed E-state index contributed by atoms with van der Waals surface area (Å²) in [6, 6.07) is 8.04. The molecule has 1 amide bonds. The van der Waals surface area contributed by atoms with Crippen molar-refractivity contribution in [3.05, 3.63) is 41.1 Å². The first-order chi connectivity index (χ1) is 9.54. The first-order valence-electron chi connectivity index (χ1n) is 6.58. The Labute approximate surface area is 117 Å². The highest BCUT2D eigenvalue weighted by molar-refractivity contribution is 6.23. The van der Waals surface area contributed by atoms with Crippen LogP contribution in [0.5, 0.6) is 0 Å². The van der Waals surface area contributed by atoms with E-state index < -0.39 is 0 Å². The number of benzene rings is 1. The Balaban J connectivity index is 2.40. The second kappa shape index (κ2) is 5.72. The fraction of sp³-hybridized carbons (Fsp3) is 0.333. The van der Waals surface area contributed by atoms with Crippen LogP contribution in [0.2, 0.25) is 0 Å². The van der Waals surface area contributed by atoms with Gasteiger partial charge in [-0.3, -0.25) is 4.79 Å². The zero-order valence-corrected chi connectivity index (χ0v) is 11.9. The van der Waals surface area contributed by atoms with Gasteiger partial charge in [-0.2, -0.15) is 4.79 Å². The number of carbonyl (C=O) groups excluding carboxylic acids is 1. The van der Waals surface area contributed by atoms with Crippen molar-refractivity contribution >= 4 is 23.0 Å².